The third-order valence-electron chi connectivity index (χ3n) is 3.05. The van der Waals surface area contributed by atoms with Crippen LogP contribution in [0.25, 0.3) is 0 Å². The lowest BCUT2D eigenvalue weighted by Gasteiger charge is -2.27. The molecule has 0 atom stereocenters. The zero-order valence-electron chi connectivity index (χ0n) is 8.97. The van der Waals surface area contributed by atoms with Gasteiger partial charge in [0, 0.05) is 18.6 Å². The molecule has 0 amide bonds. The van der Waals surface area contributed by atoms with Crippen LogP contribution in [0.5, 0.6) is 0 Å². The van der Waals surface area contributed by atoms with Crippen molar-refractivity contribution in [3.63, 3.8) is 0 Å². The van der Waals surface area contributed by atoms with Crippen LogP contribution in [0, 0.1) is 11.3 Å². The SMILES string of the molecule is CC(C)CNCC1(CO)CCCC1. The standard InChI is InChI=1S/C11H23NO/c1-10(2)7-12-8-11(9-13)5-3-4-6-11/h10,12-13H,3-9H2,1-2H3. The molecular weight excluding hydrogens is 162 g/mol. The molecule has 2 nitrogen and oxygen atoms in total. The summed E-state index contributed by atoms with van der Waals surface area (Å²) in [5.41, 5.74) is 0.217. The lowest BCUT2D eigenvalue weighted by Crippen LogP contribution is -2.36. The monoisotopic (exact) mass is 185 g/mol. The van der Waals surface area contributed by atoms with Gasteiger partial charge in [-0.25, -0.2) is 0 Å². The van der Waals surface area contributed by atoms with Crippen molar-refractivity contribution < 1.29 is 5.11 Å². The summed E-state index contributed by atoms with van der Waals surface area (Å²) in [6.45, 7) is 6.86. The maximum absolute atomic E-state index is 9.34. The highest BCUT2D eigenvalue weighted by Gasteiger charge is 2.32. The number of hydrogen-bond donors (Lipinski definition) is 2. The Morgan fingerprint density at radius 2 is 1.92 bits per heavy atom. The molecule has 0 aromatic heterocycles. The zero-order valence-corrected chi connectivity index (χ0v) is 8.97. The van der Waals surface area contributed by atoms with Crippen molar-refractivity contribution in [2.75, 3.05) is 19.7 Å². The lowest BCUT2D eigenvalue weighted by atomic mass is 9.87. The average molecular weight is 185 g/mol. The largest absolute Gasteiger partial charge is 0.396 e. The van der Waals surface area contributed by atoms with E-state index >= 15 is 0 Å². The van der Waals surface area contributed by atoms with Gasteiger partial charge in [0.2, 0.25) is 0 Å². The molecule has 1 aliphatic carbocycles. The lowest BCUT2D eigenvalue weighted by molar-refractivity contribution is 0.127. The van der Waals surface area contributed by atoms with Crippen LogP contribution in [0.4, 0.5) is 0 Å². The molecule has 0 aromatic carbocycles. The predicted molar refractivity (Wildman–Crippen MR) is 55.7 cm³/mol. The molecule has 1 aliphatic rings. The fraction of sp³-hybridized carbons (Fsp3) is 1.00. The van der Waals surface area contributed by atoms with Crippen molar-refractivity contribution in [2.45, 2.75) is 39.5 Å². The minimum Gasteiger partial charge on any atom is -0.396 e. The number of nitrogens with one attached hydrogen (secondary N) is 1. The molecule has 1 fully saturated rings. The number of hydrogen-bond acceptors (Lipinski definition) is 2. The Balaban J connectivity index is 2.23. The topological polar surface area (TPSA) is 32.3 Å². The molecule has 1 saturated carbocycles. The molecule has 0 saturated heterocycles. The molecule has 13 heavy (non-hydrogen) atoms. The molecule has 0 bridgehead atoms. The van der Waals surface area contributed by atoms with Gasteiger partial charge in [0.25, 0.3) is 0 Å². The molecule has 0 heterocycles. The molecular formula is C11H23NO. The van der Waals surface area contributed by atoms with Gasteiger partial charge in [-0.15, -0.1) is 0 Å². The van der Waals surface area contributed by atoms with Crippen LogP contribution in [-0.4, -0.2) is 24.8 Å². The van der Waals surface area contributed by atoms with Gasteiger partial charge in [0.05, 0.1) is 0 Å². The van der Waals surface area contributed by atoms with Crippen LogP contribution >= 0.6 is 0 Å². The summed E-state index contributed by atoms with van der Waals surface area (Å²) >= 11 is 0. The van der Waals surface area contributed by atoms with E-state index in [0.717, 1.165) is 13.1 Å². The number of aliphatic hydroxyl groups is 1. The highest BCUT2D eigenvalue weighted by atomic mass is 16.3. The minimum atomic E-state index is 0.217. The summed E-state index contributed by atoms with van der Waals surface area (Å²) in [5.74, 6) is 0.706. The van der Waals surface area contributed by atoms with Crippen molar-refractivity contribution in [1.29, 1.82) is 0 Å². The predicted octanol–water partition coefficient (Wildman–Crippen LogP) is 1.78. The second-order valence-corrected chi connectivity index (χ2v) is 4.89. The third kappa shape index (κ3) is 3.28. The van der Waals surface area contributed by atoms with Gasteiger partial charge >= 0.3 is 0 Å². The van der Waals surface area contributed by atoms with E-state index in [2.05, 4.69) is 19.2 Å². The summed E-state index contributed by atoms with van der Waals surface area (Å²) < 4.78 is 0. The Kier molecular flexibility index (Phi) is 4.20. The van der Waals surface area contributed by atoms with E-state index in [0.29, 0.717) is 12.5 Å². The van der Waals surface area contributed by atoms with E-state index in [-0.39, 0.29) is 5.41 Å². The average Bonchev–Trinajstić information content (AvgIpc) is 2.53. The second kappa shape index (κ2) is 4.97. The van der Waals surface area contributed by atoms with Crippen LogP contribution in [0.3, 0.4) is 0 Å². The van der Waals surface area contributed by atoms with E-state index in [1.165, 1.54) is 25.7 Å². The van der Waals surface area contributed by atoms with E-state index < -0.39 is 0 Å². The van der Waals surface area contributed by atoms with E-state index in [4.69, 9.17) is 0 Å². The van der Waals surface area contributed by atoms with Crippen LogP contribution < -0.4 is 5.32 Å². The fourth-order valence-corrected chi connectivity index (χ4v) is 2.14. The highest BCUT2D eigenvalue weighted by Crippen LogP contribution is 2.36. The maximum Gasteiger partial charge on any atom is 0.0499 e. The summed E-state index contributed by atoms with van der Waals surface area (Å²) in [5, 5.41) is 12.8. The van der Waals surface area contributed by atoms with Gasteiger partial charge in [-0.3, -0.25) is 0 Å². The maximum atomic E-state index is 9.34. The molecule has 1 rings (SSSR count). The highest BCUT2D eigenvalue weighted by molar-refractivity contribution is 4.85. The Bertz CT molecular complexity index is 139. The van der Waals surface area contributed by atoms with E-state index in [1.807, 2.05) is 0 Å². The first-order chi connectivity index (χ1) is 6.18. The van der Waals surface area contributed by atoms with Gasteiger partial charge in [-0.05, 0) is 25.3 Å². The van der Waals surface area contributed by atoms with Gasteiger partial charge in [0.15, 0.2) is 0 Å². The van der Waals surface area contributed by atoms with Crippen molar-refractivity contribution >= 4 is 0 Å². The first-order valence-electron chi connectivity index (χ1n) is 5.50. The zero-order chi connectivity index (χ0) is 9.73. The van der Waals surface area contributed by atoms with E-state index in [1.54, 1.807) is 0 Å². The normalized spacial score (nSPS) is 21.2. The molecule has 78 valence electrons. The molecule has 0 aromatic rings. The first-order valence-corrected chi connectivity index (χ1v) is 5.50. The van der Waals surface area contributed by atoms with Crippen molar-refractivity contribution in [3.8, 4) is 0 Å². The Labute approximate surface area is 81.7 Å². The first kappa shape index (κ1) is 11.0. The molecule has 0 radical (unpaired) electrons. The van der Waals surface area contributed by atoms with E-state index in [9.17, 15) is 5.11 Å². The molecule has 0 spiro atoms. The number of aliphatic hydroxyl groups excluding tert-OH is 1. The summed E-state index contributed by atoms with van der Waals surface area (Å²) in [6.07, 6.45) is 5.00. The Hall–Kier alpha value is -0.0800. The van der Waals surface area contributed by atoms with Crippen molar-refractivity contribution in [1.82, 2.24) is 5.32 Å². The molecule has 2 N–H and O–H groups in total. The Morgan fingerprint density at radius 3 is 2.38 bits per heavy atom. The van der Waals surface area contributed by atoms with Gasteiger partial charge < -0.3 is 10.4 Å². The molecule has 0 unspecified atom stereocenters. The smallest absolute Gasteiger partial charge is 0.0499 e. The quantitative estimate of drug-likeness (QED) is 0.684. The van der Waals surface area contributed by atoms with Crippen LogP contribution in [0.2, 0.25) is 0 Å². The molecule has 2 heteroatoms. The summed E-state index contributed by atoms with van der Waals surface area (Å²) in [4.78, 5) is 0. The van der Waals surface area contributed by atoms with Crippen molar-refractivity contribution in [2.24, 2.45) is 11.3 Å². The van der Waals surface area contributed by atoms with Gasteiger partial charge in [-0.1, -0.05) is 26.7 Å². The fourth-order valence-electron chi connectivity index (χ4n) is 2.14. The minimum absolute atomic E-state index is 0.217. The van der Waals surface area contributed by atoms with Crippen LogP contribution in [-0.2, 0) is 0 Å². The second-order valence-electron chi connectivity index (χ2n) is 4.89. The third-order valence-corrected chi connectivity index (χ3v) is 3.05. The number of rotatable bonds is 5. The molecule has 0 aliphatic heterocycles. The van der Waals surface area contributed by atoms with Crippen LogP contribution in [0.1, 0.15) is 39.5 Å². The van der Waals surface area contributed by atoms with Crippen LogP contribution in [0.15, 0.2) is 0 Å². The van der Waals surface area contributed by atoms with Crippen molar-refractivity contribution in [3.05, 3.63) is 0 Å². The summed E-state index contributed by atoms with van der Waals surface area (Å²) in [7, 11) is 0. The Morgan fingerprint density at radius 1 is 1.31 bits per heavy atom. The summed E-state index contributed by atoms with van der Waals surface area (Å²) in [6, 6.07) is 0. The van der Waals surface area contributed by atoms with Gasteiger partial charge in [-0.2, -0.15) is 0 Å². The van der Waals surface area contributed by atoms with Gasteiger partial charge in [0.1, 0.15) is 0 Å².